The number of rotatable bonds is 8. The fraction of sp³-hybridized carbons (Fsp3) is 0.474. The molecule has 0 spiro atoms. The number of guanidine groups is 1. The van der Waals surface area contributed by atoms with Crippen LogP contribution in [0.15, 0.2) is 40.4 Å². The maximum absolute atomic E-state index is 12.1. The molecule has 0 atom stereocenters. The summed E-state index contributed by atoms with van der Waals surface area (Å²) in [6.07, 6.45) is 5.89. The van der Waals surface area contributed by atoms with E-state index in [-0.39, 0.29) is 5.91 Å². The predicted octanol–water partition coefficient (Wildman–Crippen LogP) is 2.22. The SMILES string of the molecule is CCN=C(NC#N)NCCCCCN1N=C(c2ccccc2)CCC1=O. The van der Waals surface area contributed by atoms with Gasteiger partial charge in [-0.3, -0.25) is 15.1 Å². The van der Waals surface area contributed by atoms with Crippen LogP contribution in [0.3, 0.4) is 0 Å². The molecule has 1 heterocycles. The number of unbranched alkanes of at least 4 members (excludes halogenated alkanes) is 2. The molecule has 1 aliphatic rings. The normalized spacial score (nSPS) is 14.6. The molecule has 0 radical (unpaired) electrons. The number of carbonyl (C=O) groups excluding carboxylic acids is 1. The summed E-state index contributed by atoms with van der Waals surface area (Å²) in [5.41, 5.74) is 2.07. The number of aliphatic imine (C=N–C) groups is 1. The van der Waals surface area contributed by atoms with Gasteiger partial charge in [0.05, 0.1) is 5.71 Å². The molecule has 0 aliphatic carbocycles. The van der Waals surface area contributed by atoms with Crippen LogP contribution in [0.2, 0.25) is 0 Å². The van der Waals surface area contributed by atoms with Gasteiger partial charge in [0.25, 0.3) is 0 Å². The molecule has 0 saturated heterocycles. The van der Waals surface area contributed by atoms with Crippen LogP contribution in [-0.4, -0.2) is 42.2 Å². The van der Waals surface area contributed by atoms with E-state index in [1.54, 1.807) is 5.01 Å². The van der Waals surface area contributed by atoms with Crippen LogP contribution >= 0.6 is 0 Å². The van der Waals surface area contributed by atoms with E-state index in [4.69, 9.17) is 5.26 Å². The summed E-state index contributed by atoms with van der Waals surface area (Å²) in [5, 5.41) is 20.4. The van der Waals surface area contributed by atoms with Gasteiger partial charge in [0, 0.05) is 32.5 Å². The molecule has 7 nitrogen and oxygen atoms in total. The zero-order chi connectivity index (χ0) is 18.6. The van der Waals surface area contributed by atoms with Crippen molar-refractivity contribution in [3.63, 3.8) is 0 Å². The quantitative estimate of drug-likeness (QED) is 0.246. The Kier molecular flexibility index (Phi) is 8.13. The molecule has 0 saturated carbocycles. The average molecular weight is 354 g/mol. The Morgan fingerprint density at radius 3 is 2.81 bits per heavy atom. The Labute approximate surface area is 154 Å². The first-order chi connectivity index (χ1) is 12.7. The van der Waals surface area contributed by atoms with Crippen LogP contribution in [-0.2, 0) is 4.79 Å². The highest BCUT2D eigenvalue weighted by Crippen LogP contribution is 2.15. The molecule has 138 valence electrons. The number of hydrazone groups is 1. The second-order valence-electron chi connectivity index (χ2n) is 5.98. The Hall–Kier alpha value is -2.88. The van der Waals surface area contributed by atoms with E-state index in [9.17, 15) is 4.79 Å². The Balaban J connectivity index is 1.74. The van der Waals surface area contributed by atoms with Crippen LogP contribution in [0.5, 0.6) is 0 Å². The number of nitrogens with zero attached hydrogens (tertiary/aromatic N) is 4. The largest absolute Gasteiger partial charge is 0.356 e. The molecule has 1 aromatic rings. The van der Waals surface area contributed by atoms with Crippen molar-refractivity contribution in [3.8, 4) is 6.19 Å². The third kappa shape index (κ3) is 6.20. The smallest absolute Gasteiger partial charge is 0.243 e. The lowest BCUT2D eigenvalue weighted by molar-refractivity contribution is -0.131. The minimum Gasteiger partial charge on any atom is -0.356 e. The van der Waals surface area contributed by atoms with Crippen molar-refractivity contribution in [1.29, 1.82) is 5.26 Å². The van der Waals surface area contributed by atoms with E-state index in [0.29, 0.717) is 31.9 Å². The van der Waals surface area contributed by atoms with E-state index < -0.39 is 0 Å². The van der Waals surface area contributed by atoms with E-state index in [2.05, 4.69) is 20.7 Å². The van der Waals surface area contributed by atoms with Gasteiger partial charge in [-0.1, -0.05) is 30.3 Å². The van der Waals surface area contributed by atoms with Crippen molar-refractivity contribution in [1.82, 2.24) is 15.6 Å². The summed E-state index contributed by atoms with van der Waals surface area (Å²) >= 11 is 0. The lowest BCUT2D eigenvalue weighted by Crippen LogP contribution is -2.35. The molecule has 1 amide bonds. The van der Waals surface area contributed by atoms with Gasteiger partial charge in [-0.05, 0) is 31.7 Å². The molecule has 1 aliphatic heterocycles. The predicted molar refractivity (Wildman–Crippen MR) is 103 cm³/mol. The van der Waals surface area contributed by atoms with Gasteiger partial charge in [-0.25, -0.2) is 5.01 Å². The van der Waals surface area contributed by atoms with Gasteiger partial charge in [-0.15, -0.1) is 0 Å². The van der Waals surface area contributed by atoms with Crippen molar-refractivity contribution >= 4 is 17.6 Å². The van der Waals surface area contributed by atoms with Gasteiger partial charge >= 0.3 is 0 Å². The highest BCUT2D eigenvalue weighted by molar-refractivity contribution is 6.04. The van der Waals surface area contributed by atoms with E-state index in [1.807, 2.05) is 43.4 Å². The summed E-state index contributed by atoms with van der Waals surface area (Å²) in [6, 6.07) is 10.0. The maximum atomic E-state index is 12.1. The first-order valence-electron chi connectivity index (χ1n) is 9.11. The van der Waals surface area contributed by atoms with Crippen molar-refractivity contribution in [2.75, 3.05) is 19.6 Å². The molecule has 0 bridgehead atoms. The lowest BCUT2D eigenvalue weighted by atomic mass is 10.0. The van der Waals surface area contributed by atoms with Gasteiger partial charge in [-0.2, -0.15) is 10.4 Å². The molecule has 2 N–H and O–H groups in total. The summed E-state index contributed by atoms with van der Waals surface area (Å²) < 4.78 is 0. The minimum atomic E-state index is 0.0957. The number of nitrogens with one attached hydrogen (secondary N) is 2. The van der Waals surface area contributed by atoms with Crippen molar-refractivity contribution in [3.05, 3.63) is 35.9 Å². The number of carbonyl (C=O) groups is 1. The van der Waals surface area contributed by atoms with E-state index in [0.717, 1.165) is 37.1 Å². The molecule has 26 heavy (non-hydrogen) atoms. The monoisotopic (exact) mass is 354 g/mol. The number of hydrogen-bond donors (Lipinski definition) is 2. The molecule has 0 unspecified atom stereocenters. The summed E-state index contributed by atoms with van der Waals surface area (Å²) in [6.45, 7) is 3.91. The summed E-state index contributed by atoms with van der Waals surface area (Å²) in [4.78, 5) is 16.2. The molecular formula is C19H26N6O. The number of hydrogen-bond acceptors (Lipinski definition) is 4. The first kappa shape index (κ1) is 19.4. The molecule has 0 fully saturated rings. The average Bonchev–Trinajstić information content (AvgIpc) is 2.67. The summed E-state index contributed by atoms with van der Waals surface area (Å²) in [5.74, 6) is 0.608. The second-order valence-corrected chi connectivity index (χ2v) is 5.98. The number of nitriles is 1. The molecule has 1 aromatic carbocycles. The van der Waals surface area contributed by atoms with Crippen molar-refractivity contribution in [2.45, 2.75) is 39.0 Å². The Morgan fingerprint density at radius 2 is 2.08 bits per heavy atom. The number of amides is 1. The fourth-order valence-corrected chi connectivity index (χ4v) is 2.73. The lowest BCUT2D eigenvalue weighted by Gasteiger charge is -2.23. The third-order valence-corrected chi connectivity index (χ3v) is 4.04. The summed E-state index contributed by atoms with van der Waals surface area (Å²) in [7, 11) is 0. The van der Waals surface area contributed by atoms with Crippen LogP contribution in [0.25, 0.3) is 0 Å². The molecule has 7 heteroatoms. The zero-order valence-corrected chi connectivity index (χ0v) is 15.2. The van der Waals surface area contributed by atoms with Gasteiger partial charge in [0.15, 0.2) is 6.19 Å². The standard InChI is InChI=1S/C19H26N6O/c1-2-21-19(23-15-20)22-13-7-4-8-14-25-18(26)12-11-17(24-25)16-9-5-3-6-10-16/h3,5-6,9-10H,2,4,7-8,11-14H2,1H3,(H2,21,22,23). The zero-order valence-electron chi connectivity index (χ0n) is 15.2. The Bertz CT molecular complexity index is 677. The highest BCUT2D eigenvalue weighted by atomic mass is 16.2. The van der Waals surface area contributed by atoms with Gasteiger partial charge in [0.2, 0.25) is 11.9 Å². The van der Waals surface area contributed by atoms with Gasteiger partial charge in [0.1, 0.15) is 0 Å². The maximum Gasteiger partial charge on any atom is 0.243 e. The topological polar surface area (TPSA) is 92.9 Å². The van der Waals surface area contributed by atoms with Crippen molar-refractivity contribution < 1.29 is 4.79 Å². The molecule has 2 rings (SSSR count). The van der Waals surface area contributed by atoms with Crippen LogP contribution in [0.1, 0.15) is 44.6 Å². The minimum absolute atomic E-state index is 0.0957. The fourth-order valence-electron chi connectivity index (χ4n) is 2.73. The first-order valence-corrected chi connectivity index (χ1v) is 9.11. The van der Waals surface area contributed by atoms with Crippen LogP contribution < -0.4 is 10.6 Å². The van der Waals surface area contributed by atoms with E-state index >= 15 is 0 Å². The Morgan fingerprint density at radius 1 is 1.27 bits per heavy atom. The van der Waals surface area contributed by atoms with Crippen LogP contribution in [0.4, 0.5) is 0 Å². The number of benzene rings is 1. The molecule has 0 aromatic heterocycles. The van der Waals surface area contributed by atoms with Crippen molar-refractivity contribution in [2.24, 2.45) is 10.1 Å². The van der Waals surface area contributed by atoms with Gasteiger partial charge < -0.3 is 5.32 Å². The third-order valence-electron chi connectivity index (χ3n) is 4.04. The highest BCUT2D eigenvalue weighted by Gasteiger charge is 2.20. The second kappa shape index (κ2) is 10.9. The van der Waals surface area contributed by atoms with Crippen LogP contribution in [0, 0.1) is 11.5 Å². The molecular weight excluding hydrogens is 328 g/mol. The van der Waals surface area contributed by atoms with E-state index in [1.165, 1.54) is 0 Å².